The second kappa shape index (κ2) is 5.31. The lowest BCUT2D eigenvalue weighted by atomic mass is 10.2. The topological polar surface area (TPSA) is 29.9 Å². The van der Waals surface area contributed by atoms with Crippen molar-refractivity contribution in [3.63, 3.8) is 0 Å². The Morgan fingerprint density at radius 2 is 2.17 bits per heavy atom. The van der Waals surface area contributed by atoms with Crippen molar-refractivity contribution in [2.75, 3.05) is 0 Å². The summed E-state index contributed by atoms with van der Waals surface area (Å²) in [4.78, 5) is 0. The van der Waals surface area contributed by atoms with Crippen LogP contribution in [0.2, 0.25) is 0 Å². The molecule has 0 unspecified atom stereocenters. The number of hydrogen-bond donors (Lipinski definition) is 1. The summed E-state index contributed by atoms with van der Waals surface area (Å²) in [6.45, 7) is 6.74. The van der Waals surface area contributed by atoms with Gasteiger partial charge in [-0.3, -0.25) is 0 Å². The van der Waals surface area contributed by atoms with Gasteiger partial charge in [-0.25, -0.2) is 9.07 Å². The van der Waals surface area contributed by atoms with E-state index in [2.05, 4.69) is 24.3 Å². The van der Waals surface area contributed by atoms with Crippen LogP contribution in [0.3, 0.4) is 0 Å². The number of halogens is 1. The van der Waals surface area contributed by atoms with Crippen molar-refractivity contribution in [1.82, 2.24) is 15.1 Å². The summed E-state index contributed by atoms with van der Waals surface area (Å²) < 4.78 is 15.5. The highest BCUT2D eigenvalue weighted by Crippen LogP contribution is 2.15. The van der Waals surface area contributed by atoms with E-state index >= 15 is 0 Å². The quantitative estimate of drug-likeness (QED) is 0.900. The fourth-order valence-electron chi connectivity index (χ4n) is 1.71. The highest BCUT2D eigenvalue weighted by atomic mass is 19.1. The number of rotatable bonds is 4. The van der Waals surface area contributed by atoms with E-state index in [0.717, 1.165) is 11.1 Å². The van der Waals surface area contributed by atoms with Crippen LogP contribution in [0.1, 0.15) is 25.0 Å². The molecule has 2 aromatic rings. The number of hydrogen-bond acceptors (Lipinski definition) is 2. The fourth-order valence-corrected chi connectivity index (χ4v) is 1.71. The summed E-state index contributed by atoms with van der Waals surface area (Å²) in [6.07, 6.45) is 3.53. The Kier molecular flexibility index (Phi) is 3.77. The van der Waals surface area contributed by atoms with Crippen LogP contribution in [0.15, 0.2) is 30.6 Å². The van der Waals surface area contributed by atoms with Gasteiger partial charge in [-0.1, -0.05) is 19.9 Å². The maximum absolute atomic E-state index is 14.0. The van der Waals surface area contributed by atoms with Gasteiger partial charge in [0.25, 0.3) is 0 Å². The SMILES string of the molecule is Cc1cnn(-c2ccc(CNC(C)C)cc2F)c1. The first kappa shape index (κ1) is 12.8. The molecule has 0 spiro atoms. The Balaban J connectivity index is 2.20. The molecule has 1 aromatic carbocycles. The van der Waals surface area contributed by atoms with E-state index in [0.29, 0.717) is 18.3 Å². The molecule has 2 rings (SSSR count). The lowest BCUT2D eigenvalue weighted by Gasteiger charge is -2.09. The molecule has 18 heavy (non-hydrogen) atoms. The zero-order chi connectivity index (χ0) is 13.1. The number of nitrogens with one attached hydrogen (secondary N) is 1. The van der Waals surface area contributed by atoms with Crippen molar-refractivity contribution in [2.45, 2.75) is 33.4 Å². The van der Waals surface area contributed by atoms with Crippen molar-refractivity contribution < 1.29 is 4.39 Å². The number of aryl methyl sites for hydroxylation is 1. The largest absolute Gasteiger partial charge is 0.310 e. The van der Waals surface area contributed by atoms with E-state index in [1.807, 2.05) is 19.2 Å². The summed E-state index contributed by atoms with van der Waals surface area (Å²) in [5.74, 6) is -0.249. The molecular formula is C14H18FN3. The minimum Gasteiger partial charge on any atom is -0.310 e. The lowest BCUT2D eigenvalue weighted by molar-refractivity contribution is 0.578. The molecular weight excluding hydrogens is 229 g/mol. The van der Waals surface area contributed by atoms with Crippen LogP contribution in [-0.2, 0) is 6.54 Å². The van der Waals surface area contributed by atoms with E-state index in [1.54, 1.807) is 23.0 Å². The standard InChI is InChI=1S/C14H18FN3/c1-10(2)16-8-12-4-5-14(13(15)6-12)18-9-11(3)7-17-18/h4-7,9-10,16H,8H2,1-3H3. The van der Waals surface area contributed by atoms with E-state index < -0.39 is 0 Å². The molecule has 0 aliphatic rings. The van der Waals surface area contributed by atoms with Crippen molar-refractivity contribution in [3.05, 3.63) is 47.5 Å². The molecule has 0 saturated carbocycles. The molecule has 0 bridgehead atoms. The van der Waals surface area contributed by atoms with Crippen molar-refractivity contribution >= 4 is 0 Å². The third-order valence-corrected chi connectivity index (χ3v) is 2.69. The highest BCUT2D eigenvalue weighted by molar-refractivity contribution is 5.36. The summed E-state index contributed by atoms with van der Waals surface area (Å²) in [6, 6.07) is 5.63. The van der Waals surface area contributed by atoms with Gasteiger partial charge >= 0.3 is 0 Å². The van der Waals surface area contributed by atoms with Crippen molar-refractivity contribution in [3.8, 4) is 5.69 Å². The molecule has 1 aromatic heterocycles. The predicted molar refractivity (Wildman–Crippen MR) is 70.2 cm³/mol. The summed E-state index contributed by atoms with van der Waals surface area (Å²) >= 11 is 0. The lowest BCUT2D eigenvalue weighted by Crippen LogP contribution is -2.21. The average Bonchev–Trinajstić information content (AvgIpc) is 2.73. The van der Waals surface area contributed by atoms with Gasteiger partial charge in [-0.2, -0.15) is 5.10 Å². The molecule has 0 atom stereocenters. The molecule has 1 heterocycles. The molecule has 0 saturated heterocycles. The van der Waals surface area contributed by atoms with E-state index in [9.17, 15) is 4.39 Å². The van der Waals surface area contributed by atoms with E-state index in [4.69, 9.17) is 0 Å². The van der Waals surface area contributed by atoms with Crippen LogP contribution in [0.4, 0.5) is 4.39 Å². The fraction of sp³-hybridized carbons (Fsp3) is 0.357. The minimum atomic E-state index is -0.249. The van der Waals surface area contributed by atoms with Crippen LogP contribution in [-0.4, -0.2) is 15.8 Å². The van der Waals surface area contributed by atoms with Gasteiger partial charge in [0.2, 0.25) is 0 Å². The third-order valence-electron chi connectivity index (χ3n) is 2.69. The van der Waals surface area contributed by atoms with Gasteiger partial charge < -0.3 is 5.32 Å². The minimum absolute atomic E-state index is 0.249. The molecule has 0 aliphatic heterocycles. The maximum Gasteiger partial charge on any atom is 0.149 e. The van der Waals surface area contributed by atoms with Gasteiger partial charge in [0.15, 0.2) is 0 Å². The van der Waals surface area contributed by atoms with Gasteiger partial charge in [-0.15, -0.1) is 0 Å². The number of benzene rings is 1. The van der Waals surface area contributed by atoms with Gasteiger partial charge in [0.1, 0.15) is 11.5 Å². The van der Waals surface area contributed by atoms with Crippen LogP contribution in [0, 0.1) is 12.7 Å². The first-order chi connectivity index (χ1) is 8.56. The van der Waals surface area contributed by atoms with Gasteiger partial charge in [0.05, 0.1) is 6.20 Å². The smallest absolute Gasteiger partial charge is 0.149 e. The predicted octanol–water partition coefficient (Wildman–Crippen LogP) is 2.82. The van der Waals surface area contributed by atoms with Crippen molar-refractivity contribution in [2.24, 2.45) is 0 Å². The monoisotopic (exact) mass is 247 g/mol. The second-order valence-corrected chi connectivity index (χ2v) is 4.78. The Morgan fingerprint density at radius 1 is 1.39 bits per heavy atom. The van der Waals surface area contributed by atoms with Crippen LogP contribution in [0.5, 0.6) is 0 Å². The zero-order valence-electron chi connectivity index (χ0n) is 10.9. The van der Waals surface area contributed by atoms with Crippen molar-refractivity contribution in [1.29, 1.82) is 0 Å². The highest BCUT2D eigenvalue weighted by Gasteiger charge is 2.07. The molecule has 3 nitrogen and oxygen atoms in total. The Labute approximate surface area is 107 Å². The molecule has 0 aliphatic carbocycles. The Morgan fingerprint density at radius 3 is 2.72 bits per heavy atom. The van der Waals surface area contributed by atoms with Gasteiger partial charge in [0, 0.05) is 18.8 Å². The summed E-state index contributed by atoms with van der Waals surface area (Å²) in [5.41, 5.74) is 2.44. The van der Waals surface area contributed by atoms with E-state index in [1.165, 1.54) is 0 Å². The first-order valence-corrected chi connectivity index (χ1v) is 6.09. The molecule has 0 radical (unpaired) electrons. The second-order valence-electron chi connectivity index (χ2n) is 4.78. The van der Waals surface area contributed by atoms with E-state index in [-0.39, 0.29) is 5.82 Å². The molecule has 96 valence electrons. The van der Waals surface area contributed by atoms with Crippen LogP contribution >= 0.6 is 0 Å². The van der Waals surface area contributed by atoms with Crippen LogP contribution in [0.25, 0.3) is 5.69 Å². The Bertz CT molecular complexity index is 532. The molecule has 0 amide bonds. The number of aromatic nitrogens is 2. The third kappa shape index (κ3) is 2.96. The number of nitrogens with zero attached hydrogens (tertiary/aromatic N) is 2. The average molecular weight is 247 g/mol. The Hall–Kier alpha value is -1.68. The van der Waals surface area contributed by atoms with Gasteiger partial charge in [-0.05, 0) is 30.2 Å². The van der Waals surface area contributed by atoms with Crippen LogP contribution < -0.4 is 5.32 Å². The maximum atomic E-state index is 14.0. The first-order valence-electron chi connectivity index (χ1n) is 6.09. The normalized spacial score (nSPS) is 11.2. The molecule has 4 heteroatoms. The molecule has 1 N–H and O–H groups in total. The summed E-state index contributed by atoms with van der Waals surface area (Å²) in [7, 11) is 0. The summed E-state index contributed by atoms with van der Waals surface area (Å²) in [5, 5.41) is 7.38. The zero-order valence-corrected chi connectivity index (χ0v) is 10.9. The molecule has 0 fully saturated rings.